The molecule has 0 radical (unpaired) electrons. The average Bonchev–Trinajstić information content (AvgIpc) is 3.38. The Labute approximate surface area is 450 Å². The van der Waals surface area contributed by atoms with Crippen LogP contribution in [0.4, 0.5) is 0 Å². The molecule has 2 atom stereocenters. The molecule has 6 heteroatoms. The van der Waals surface area contributed by atoms with Crippen molar-refractivity contribution in [1.29, 1.82) is 0 Å². The molecule has 0 bridgehead atoms. The molecule has 72 heavy (non-hydrogen) atoms. The van der Waals surface area contributed by atoms with E-state index < -0.39 is 12.1 Å². The number of amides is 1. The van der Waals surface area contributed by atoms with E-state index in [1.54, 1.807) is 6.08 Å². The molecule has 0 aromatic heterocycles. The molecule has 0 spiro atoms. The van der Waals surface area contributed by atoms with Gasteiger partial charge in [-0.1, -0.05) is 314 Å². The number of aliphatic hydroxyl groups is 2. The van der Waals surface area contributed by atoms with E-state index in [0.29, 0.717) is 19.4 Å². The fourth-order valence-corrected chi connectivity index (χ4v) is 10.2. The highest BCUT2D eigenvalue weighted by Gasteiger charge is 2.18. The Kier molecular flexibility index (Phi) is 60.5. The van der Waals surface area contributed by atoms with Gasteiger partial charge in [0.1, 0.15) is 0 Å². The van der Waals surface area contributed by atoms with Crippen molar-refractivity contribution >= 4 is 11.9 Å². The van der Waals surface area contributed by atoms with Crippen LogP contribution in [0.3, 0.4) is 0 Å². The summed E-state index contributed by atoms with van der Waals surface area (Å²) in [7, 11) is 0. The van der Waals surface area contributed by atoms with Crippen molar-refractivity contribution in [3.05, 3.63) is 24.3 Å². The second kappa shape index (κ2) is 61.9. The molecule has 3 N–H and O–H groups in total. The number of hydrogen-bond acceptors (Lipinski definition) is 5. The topological polar surface area (TPSA) is 95.9 Å². The summed E-state index contributed by atoms with van der Waals surface area (Å²) in [6.45, 7) is 4.92. The lowest BCUT2D eigenvalue weighted by atomic mass is 10.0. The number of allylic oxidation sites excluding steroid dienone is 3. The molecule has 426 valence electrons. The Morgan fingerprint density at radius 1 is 0.375 bits per heavy atom. The van der Waals surface area contributed by atoms with Crippen LogP contribution in [0.1, 0.15) is 361 Å². The lowest BCUT2D eigenvalue weighted by Gasteiger charge is -2.20. The van der Waals surface area contributed by atoms with E-state index in [1.165, 1.54) is 295 Å². The number of rotatable bonds is 61. The van der Waals surface area contributed by atoms with Gasteiger partial charge in [-0.2, -0.15) is 0 Å². The summed E-state index contributed by atoms with van der Waals surface area (Å²) in [6, 6.07) is -0.629. The molecule has 1 amide bonds. The van der Waals surface area contributed by atoms with Crippen molar-refractivity contribution in [2.45, 2.75) is 373 Å². The van der Waals surface area contributed by atoms with Gasteiger partial charge in [-0.15, -0.1) is 0 Å². The molecule has 6 nitrogen and oxygen atoms in total. The molecule has 0 rings (SSSR count). The van der Waals surface area contributed by atoms with E-state index in [-0.39, 0.29) is 18.5 Å². The van der Waals surface area contributed by atoms with Gasteiger partial charge >= 0.3 is 5.97 Å². The molecule has 0 aromatic carbocycles. The van der Waals surface area contributed by atoms with Gasteiger partial charge in [0.25, 0.3) is 0 Å². The highest BCUT2D eigenvalue weighted by molar-refractivity contribution is 5.76. The second-order valence-electron chi connectivity index (χ2n) is 22.5. The van der Waals surface area contributed by atoms with E-state index in [1.807, 2.05) is 6.08 Å². The number of nitrogens with one attached hydrogen (secondary N) is 1. The molecule has 0 saturated heterocycles. The van der Waals surface area contributed by atoms with Crippen molar-refractivity contribution in [1.82, 2.24) is 5.32 Å². The first kappa shape index (κ1) is 70.3. The number of esters is 1. The maximum atomic E-state index is 12.4. The lowest BCUT2D eigenvalue weighted by molar-refractivity contribution is -0.143. The maximum Gasteiger partial charge on any atom is 0.305 e. The van der Waals surface area contributed by atoms with Crippen LogP contribution in [0.15, 0.2) is 24.3 Å². The highest BCUT2D eigenvalue weighted by Crippen LogP contribution is 2.18. The van der Waals surface area contributed by atoms with Gasteiger partial charge in [-0.05, 0) is 57.8 Å². The molecule has 0 heterocycles. The summed E-state index contributed by atoms with van der Waals surface area (Å²) in [6.07, 6.45) is 76.6. The smallest absolute Gasteiger partial charge is 0.305 e. The van der Waals surface area contributed by atoms with E-state index in [9.17, 15) is 19.8 Å². The van der Waals surface area contributed by atoms with Gasteiger partial charge in [0.2, 0.25) is 5.91 Å². The number of hydrogen-bond donors (Lipinski definition) is 3. The Morgan fingerprint density at radius 2 is 0.653 bits per heavy atom. The number of aliphatic hydroxyl groups excluding tert-OH is 2. The van der Waals surface area contributed by atoms with E-state index in [0.717, 1.165) is 38.5 Å². The fourth-order valence-electron chi connectivity index (χ4n) is 10.2. The van der Waals surface area contributed by atoms with Crippen LogP contribution in [-0.4, -0.2) is 47.4 Å². The molecule has 0 aliphatic rings. The third-order valence-electron chi connectivity index (χ3n) is 15.2. The van der Waals surface area contributed by atoms with E-state index >= 15 is 0 Å². The van der Waals surface area contributed by atoms with Gasteiger partial charge in [0.05, 0.1) is 25.4 Å². The summed E-state index contributed by atoms with van der Waals surface area (Å²) in [5, 5.41) is 23.1. The van der Waals surface area contributed by atoms with Gasteiger partial charge < -0.3 is 20.3 Å². The number of carbonyl (C=O) groups excluding carboxylic acids is 2. The highest BCUT2D eigenvalue weighted by atomic mass is 16.5. The monoisotopic (exact) mass is 1010 g/mol. The average molecular weight is 1010 g/mol. The minimum absolute atomic E-state index is 0.0174. The molecule has 2 unspecified atom stereocenters. The predicted molar refractivity (Wildman–Crippen MR) is 315 cm³/mol. The summed E-state index contributed by atoms with van der Waals surface area (Å²) in [5.41, 5.74) is 0. The largest absolute Gasteiger partial charge is 0.466 e. The first-order valence-electron chi connectivity index (χ1n) is 32.6. The quantitative estimate of drug-likeness (QED) is 0.0320. The van der Waals surface area contributed by atoms with Crippen LogP contribution in [0, 0.1) is 0 Å². The Morgan fingerprint density at radius 3 is 0.986 bits per heavy atom. The van der Waals surface area contributed by atoms with Gasteiger partial charge in [0.15, 0.2) is 0 Å². The van der Waals surface area contributed by atoms with Crippen LogP contribution in [-0.2, 0) is 14.3 Å². The molecule has 0 aliphatic carbocycles. The summed E-state index contributed by atoms with van der Waals surface area (Å²) >= 11 is 0. The zero-order valence-corrected chi connectivity index (χ0v) is 48.7. The fraction of sp³-hybridized carbons (Fsp3) is 0.909. The van der Waals surface area contributed by atoms with Crippen molar-refractivity contribution in [2.75, 3.05) is 13.2 Å². The molecule has 0 saturated carbocycles. The van der Waals surface area contributed by atoms with Crippen LogP contribution in [0.2, 0.25) is 0 Å². The second-order valence-corrected chi connectivity index (χ2v) is 22.5. The first-order valence-corrected chi connectivity index (χ1v) is 32.6. The minimum atomic E-state index is -0.845. The van der Waals surface area contributed by atoms with Gasteiger partial charge in [-0.25, -0.2) is 0 Å². The normalized spacial score (nSPS) is 12.7. The van der Waals surface area contributed by atoms with Crippen LogP contribution in [0.5, 0.6) is 0 Å². The summed E-state index contributed by atoms with van der Waals surface area (Å²) < 4.78 is 5.50. The van der Waals surface area contributed by atoms with Gasteiger partial charge in [-0.3, -0.25) is 9.59 Å². The first-order chi connectivity index (χ1) is 35.5. The number of unbranched alkanes of at least 4 members (excludes halogenated alkanes) is 48. The number of ether oxygens (including phenoxy) is 1. The summed E-state index contributed by atoms with van der Waals surface area (Å²) in [5.74, 6) is -0.0527. The molecular weight excluding hydrogens is 887 g/mol. The Bertz CT molecular complexity index is 1120. The van der Waals surface area contributed by atoms with E-state index in [2.05, 4.69) is 31.3 Å². The Balaban J connectivity index is 3.38. The number of carbonyl (C=O) groups is 2. The third kappa shape index (κ3) is 57.6. The van der Waals surface area contributed by atoms with Gasteiger partial charge in [0, 0.05) is 12.8 Å². The standard InChI is InChI=1S/C66H127NO5/c1-3-5-7-9-11-13-15-17-18-28-32-36-40-44-48-52-56-60-66(71)72-61-57-53-49-45-41-37-33-30-27-25-23-21-19-20-22-24-26-29-31-35-39-43-47-51-55-59-65(70)67-63(62-68)64(69)58-54-50-46-42-38-34-16-14-12-10-8-6-4-2/h20,22,54,58,63-64,68-69H,3-19,21,23-53,55-57,59-62H2,1-2H3,(H,67,70)/b22-20-,58-54+. The minimum Gasteiger partial charge on any atom is -0.466 e. The molecule has 0 fully saturated rings. The predicted octanol–water partition coefficient (Wildman–Crippen LogP) is 20.6. The molecule has 0 aliphatic heterocycles. The Hall–Kier alpha value is -1.66. The summed E-state index contributed by atoms with van der Waals surface area (Å²) in [4.78, 5) is 24.5. The van der Waals surface area contributed by atoms with E-state index in [4.69, 9.17) is 4.74 Å². The maximum absolute atomic E-state index is 12.4. The van der Waals surface area contributed by atoms with Crippen molar-refractivity contribution in [3.8, 4) is 0 Å². The van der Waals surface area contributed by atoms with Crippen LogP contribution >= 0.6 is 0 Å². The third-order valence-corrected chi connectivity index (χ3v) is 15.2. The molecular formula is C66H127NO5. The van der Waals surface area contributed by atoms with Crippen LogP contribution < -0.4 is 5.32 Å². The van der Waals surface area contributed by atoms with Crippen molar-refractivity contribution in [2.24, 2.45) is 0 Å². The zero-order chi connectivity index (χ0) is 52.2. The lowest BCUT2D eigenvalue weighted by Crippen LogP contribution is -2.45. The SMILES string of the molecule is CCCCCCCCCCCCC/C=C/C(O)C(CO)NC(=O)CCCCCCCCCCC/C=C\CCCCCCCCCCCCCCOC(=O)CCCCCCCCCCCCCCCCCCC. The zero-order valence-electron chi connectivity index (χ0n) is 48.7. The van der Waals surface area contributed by atoms with Crippen molar-refractivity contribution < 1.29 is 24.5 Å². The van der Waals surface area contributed by atoms with Crippen LogP contribution in [0.25, 0.3) is 0 Å². The van der Waals surface area contributed by atoms with Crippen molar-refractivity contribution in [3.63, 3.8) is 0 Å². The molecule has 0 aromatic rings.